The van der Waals surface area contributed by atoms with Crippen LogP contribution in [-0.2, 0) is 14.1 Å². The van der Waals surface area contributed by atoms with E-state index in [0.29, 0.717) is 17.0 Å². The Morgan fingerprint density at radius 2 is 1.71 bits per heavy atom. The van der Waals surface area contributed by atoms with Crippen LogP contribution in [0.3, 0.4) is 0 Å². The van der Waals surface area contributed by atoms with Crippen molar-refractivity contribution in [3.05, 3.63) is 91.7 Å². The summed E-state index contributed by atoms with van der Waals surface area (Å²) in [6, 6.07) is 15.6. The molecule has 0 atom stereocenters. The molecular weight excluding hydrogens is 400 g/mol. The van der Waals surface area contributed by atoms with Gasteiger partial charge in [0.1, 0.15) is 0 Å². The van der Waals surface area contributed by atoms with Crippen LogP contribution >= 0.6 is 0 Å². The normalized spacial score (nSPS) is 11.4. The molecule has 0 aliphatic carbocycles. The number of aryl methyl sites for hydroxylation is 1. The Morgan fingerprint density at radius 1 is 0.968 bits per heavy atom. The van der Waals surface area contributed by atoms with Gasteiger partial charge < -0.3 is 0 Å². The minimum Gasteiger partial charge on any atom is -0.279 e. The Labute approximate surface area is 174 Å². The summed E-state index contributed by atoms with van der Waals surface area (Å²) in [6.07, 6.45) is 1.71. The molecule has 0 bridgehead atoms. The van der Waals surface area contributed by atoms with Gasteiger partial charge in [0, 0.05) is 43.7 Å². The van der Waals surface area contributed by atoms with Crippen molar-refractivity contribution in [1.82, 2.24) is 23.1 Å². The van der Waals surface area contributed by atoms with Gasteiger partial charge >= 0.3 is 5.69 Å². The number of hydrogen-bond acceptors (Lipinski definition) is 5. The van der Waals surface area contributed by atoms with Crippen LogP contribution in [-0.4, -0.2) is 28.0 Å². The van der Waals surface area contributed by atoms with Crippen molar-refractivity contribution in [3.8, 4) is 16.9 Å². The van der Waals surface area contributed by atoms with Crippen molar-refractivity contribution >= 4 is 22.6 Å². The second-order valence-electron chi connectivity index (χ2n) is 7.15. The summed E-state index contributed by atoms with van der Waals surface area (Å²) in [5.74, 6) is 0.418. The first-order valence-corrected chi connectivity index (χ1v) is 9.38. The maximum atomic E-state index is 12.9. The summed E-state index contributed by atoms with van der Waals surface area (Å²) < 4.78 is 5.79. The first-order chi connectivity index (χ1) is 14.9. The predicted octanol–water partition coefficient (Wildman–Crippen LogP) is 2.25. The quantitative estimate of drug-likeness (QED) is 0.331. The fraction of sp³-hybridized carbons (Fsp3) is 0.0952. The topological polar surface area (TPSA) is 109 Å². The molecular formula is C21H16N6O4. The van der Waals surface area contributed by atoms with Crippen LogP contribution in [0.1, 0.15) is 0 Å². The van der Waals surface area contributed by atoms with Crippen LogP contribution in [0.25, 0.3) is 33.9 Å². The van der Waals surface area contributed by atoms with E-state index in [0.717, 1.165) is 10.3 Å². The summed E-state index contributed by atoms with van der Waals surface area (Å²) in [6.45, 7) is 0. The lowest BCUT2D eigenvalue weighted by atomic mass is 10.1. The number of rotatable bonds is 3. The van der Waals surface area contributed by atoms with E-state index >= 15 is 0 Å². The molecule has 0 fully saturated rings. The Hall–Kier alpha value is -4.47. The molecule has 3 heterocycles. The van der Waals surface area contributed by atoms with Crippen LogP contribution in [0.2, 0.25) is 0 Å². The average molecular weight is 416 g/mol. The number of hydrogen-bond donors (Lipinski definition) is 0. The standard InChI is InChI=1S/C21H16N6O4/c1-23-18-17(19(28)24(2)21(23)29)25-12-16(13-7-6-10-15(11-13)27(30)31)26(20(25)22-18)14-8-4-3-5-9-14/h3-12H,1-2H3. The Kier molecular flexibility index (Phi) is 3.90. The molecule has 0 spiro atoms. The Morgan fingerprint density at radius 3 is 2.42 bits per heavy atom. The minimum absolute atomic E-state index is 0.0425. The monoisotopic (exact) mass is 416 g/mol. The number of imidazole rings is 2. The lowest BCUT2D eigenvalue weighted by molar-refractivity contribution is -0.384. The molecule has 2 aromatic carbocycles. The SMILES string of the molecule is Cn1c(=O)c2c(nc3n(-c4ccccc4)c(-c4cccc([N+](=O)[O-])c4)cn23)n(C)c1=O. The predicted molar refractivity (Wildman–Crippen MR) is 115 cm³/mol. The van der Waals surface area contributed by atoms with E-state index in [1.165, 1.54) is 23.7 Å². The van der Waals surface area contributed by atoms with Crippen molar-refractivity contribution < 1.29 is 4.92 Å². The van der Waals surface area contributed by atoms with E-state index < -0.39 is 16.2 Å². The smallest absolute Gasteiger partial charge is 0.279 e. The maximum absolute atomic E-state index is 12.9. The summed E-state index contributed by atoms with van der Waals surface area (Å²) in [7, 11) is 2.98. The number of non-ortho nitro benzene ring substituents is 1. The second kappa shape index (κ2) is 6.52. The molecule has 0 amide bonds. The van der Waals surface area contributed by atoms with Gasteiger partial charge in [0.05, 0.1) is 10.6 Å². The molecule has 0 saturated carbocycles. The largest absolute Gasteiger partial charge is 0.332 e. The zero-order chi connectivity index (χ0) is 21.9. The molecule has 0 aliphatic rings. The summed E-state index contributed by atoms with van der Waals surface area (Å²) in [5, 5.41) is 11.3. The van der Waals surface area contributed by atoms with Gasteiger partial charge in [-0.05, 0) is 12.1 Å². The van der Waals surface area contributed by atoms with Gasteiger partial charge in [-0.1, -0.05) is 30.3 Å². The lowest BCUT2D eigenvalue weighted by Crippen LogP contribution is -2.37. The highest BCUT2D eigenvalue weighted by Crippen LogP contribution is 2.30. The third-order valence-electron chi connectivity index (χ3n) is 5.33. The van der Waals surface area contributed by atoms with Crippen LogP contribution in [0.15, 0.2) is 70.4 Å². The molecule has 31 heavy (non-hydrogen) atoms. The van der Waals surface area contributed by atoms with Gasteiger partial charge in [-0.3, -0.25) is 33.0 Å². The number of nitro groups is 1. The first-order valence-electron chi connectivity index (χ1n) is 9.38. The van der Waals surface area contributed by atoms with Crippen molar-refractivity contribution in [1.29, 1.82) is 0 Å². The molecule has 0 aliphatic heterocycles. The molecule has 0 N–H and O–H groups in total. The van der Waals surface area contributed by atoms with Gasteiger partial charge in [0.2, 0.25) is 5.78 Å². The van der Waals surface area contributed by atoms with Crippen LogP contribution in [0.5, 0.6) is 0 Å². The van der Waals surface area contributed by atoms with E-state index in [9.17, 15) is 19.7 Å². The second-order valence-corrected chi connectivity index (χ2v) is 7.15. The van der Waals surface area contributed by atoms with Gasteiger partial charge in [-0.25, -0.2) is 4.79 Å². The Balaban J connectivity index is 1.95. The molecule has 154 valence electrons. The summed E-state index contributed by atoms with van der Waals surface area (Å²) in [5.41, 5.74) is 1.51. The highest BCUT2D eigenvalue weighted by atomic mass is 16.6. The number of benzene rings is 2. The molecule has 5 aromatic rings. The fourth-order valence-electron chi connectivity index (χ4n) is 3.78. The average Bonchev–Trinajstić information content (AvgIpc) is 3.33. The number of nitrogens with zero attached hydrogens (tertiary/aromatic N) is 6. The van der Waals surface area contributed by atoms with E-state index in [4.69, 9.17) is 0 Å². The van der Waals surface area contributed by atoms with Gasteiger partial charge in [0.25, 0.3) is 11.2 Å². The molecule has 5 rings (SSSR count). The fourth-order valence-corrected chi connectivity index (χ4v) is 3.78. The summed E-state index contributed by atoms with van der Waals surface area (Å²) >= 11 is 0. The van der Waals surface area contributed by atoms with Crippen molar-refractivity contribution in [2.24, 2.45) is 14.1 Å². The van der Waals surface area contributed by atoms with Gasteiger partial charge in [-0.2, -0.15) is 4.98 Å². The highest BCUT2D eigenvalue weighted by molar-refractivity contribution is 5.79. The first kappa shape index (κ1) is 18.6. The van der Waals surface area contributed by atoms with E-state index in [-0.39, 0.29) is 16.9 Å². The van der Waals surface area contributed by atoms with Crippen molar-refractivity contribution in [2.45, 2.75) is 0 Å². The van der Waals surface area contributed by atoms with Crippen molar-refractivity contribution in [2.75, 3.05) is 0 Å². The van der Waals surface area contributed by atoms with Crippen molar-refractivity contribution in [3.63, 3.8) is 0 Å². The number of nitro benzene ring substituents is 1. The zero-order valence-corrected chi connectivity index (χ0v) is 16.6. The molecule has 0 unspecified atom stereocenters. The molecule has 10 heteroatoms. The van der Waals surface area contributed by atoms with E-state index in [1.807, 2.05) is 34.9 Å². The van der Waals surface area contributed by atoms with Gasteiger partial charge in [-0.15, -0.1) is 0 Å². The Bertz CT molecular complexity index is 1620. The van der Waals surface area contributed by atoms with E-state index in [1.54, 1.807) is 29.8 Å². The number of fused-ring (bicyclic) bond motifs is 3. The molecule has 10 nitrogen and oxygen atoms in total. The number of aromatic nitrogens is 5. The number of para-hydroxylation sites is 1. The minimum atomic E-state index is -0.471. The van der Waals surface area contributed by atoms with E-state index in [2.05, 4.69) is 4.98 Å². The molecule has 0 saturated heterocycles. The highest BCUT2D eigenvalue weighted by Gasteiger charge is 2.22. The van der Waals surface area contributed by atoms with Crippen LogP contribution in [0.4, 0.5) is 5.69 Å². The van der Waals surface area contributed by atoms with Gasteiger partial charge in [0.15, 0.2) is 11.2 Å². The lowest BCUT2D eigenvalue weighted by Gasteiger charge is -2.09. The third kappa shape index (κ3) is 2.61. The molecule has 3 aromatic heterocycles. The maximum Gasteiger partial charge on any atom is 0.332 e. The van der Waals surface area contributed by atoms with Crippen LogP contribution in [0, 0.1) is 10.1 Å². The molecule has 0 radical (unpaired) electrons. The zero-order valence-electron chi connectivity index (χ0n) is 16.6. The van der Waals surface area contributed by atoms with Crippen LogP contribution < -0.4 is 11.2 Å². The third-order valence-corrected chi connectivity index (χ3v) is 5.33. The summed E-state index contributed by atoms with van der Waals surface area (Å²) in [4.78, 5) is 40.7.